The molecule has 0 radical (unpaired) electrons. The van der Waals surface area contributed by atoms with Gasteiger partial charge in [0.15, 0.2) is 0 Å². The summed E-state index contributed by atoms with van der Waals surface area (Å²) in [6.45, 7) is -4.65. The van der Waals surface area contributed by atoms with Crippen LogP contribution in [0, 0.1) is 0 Å². The fourth-order valence-corrected chi connectivity index (χ4v) is 2.86. The van der Waals surface area contributed by atoms with E-state index in [-0.39, 0.29) is 12.8 Å². The molecule has 0 saturated carbocycles. The monoisotopic (exact) mass is 362 g/mol. The number of benzene rings is 3. The van der Waals surface area contributed by atoms with Gasteiger partial charge in [-0.15, -0.1) is 0 Å². The SMILES string of the molecule is [2H]C([2H])(CCc1cccc(C(F)(F)F)c1)N[C@@H](c1cccc2ccccc12)C([2H])([2H])[2H]. The van der Waals surface area contributed by atoms with E-state index >= 15 is 0 Å². The van der Waals surface area contributed by atoms with Crippen LogP contribution in [0.2, 0.25) is 0 Å². The molecule has 0 aliphatic rings. The molecule has 0 heterocycles. The van der Waals surface area contributed by atoms with Crippen LogP contribution < -0.4 is 5.32 Å². The van der Waals surface area contributed by atoms with Gasteiger partial charge in [0.1, 0.15) is 0 Å². The molecule has 3 rings (SSSR count). The zero-order valence-electron chi connectivity index (χ0n) is 19.0. The Balaban J connectivity index is 1.83. The Morgan fingerprint density at radius 2 is 1.81 bits per heavy atom. The summed E-state index contributed by atoms with van der Waals surface area (Å²) in [6, 6.07) is 15.9. The molecule has 0 amide bonds. The van der Waals surface area contributed by atoms with Gasteiger partial charge in [0.25, 0.3) is 0 Å². The molecule has 1 nitrogen and oxygen atoms in total. The Hall–Kier alpha value is -2.33. The Morgan fingerprint density at radius 3 is 2.62 bits per heavy atom. The highest BCUT2D eigenvalue weighted by atomic mass is 19.4. The maximum absolute atomic E-state index is 12.9. The van der Waals surface area contributed by atoms with E-state index in [1.165, 1.54) is 12.1 Å². The standard InChI is InChI=1S/C22H22F3N/c1-16(20-13-5-10-18-9-2-3-12-21(18)20)26-14-6-8-17-7-4-11-19(15-17)22(23,24)25/h2-5,7,9-13,15-16,26H,6,8,14H2,1H3/t16-/m1/s1/i1D3,14D2. The minimum Gasteiger partial charge on any atom is -0.310 e. The molecule has 0 fully saturated rings. The second-order valence-electron chi connectivity index (χ2n) is 6.02. The number of nitrogens with one attached hydrogen (secondary N) is 1. The molecule has 26 heavy (non-hydrogen) atoms. The molecule has 0 aromatic heterocycles. The summed E-state index contributed by atoms with van der Waals surface area (Å²) in [6.07, 6.45) is -4.65. The van der Waals surface area contributed by atoms with Gasteiger partial charge in [-0.05, 0) is 54.2 Å². The van der Waals surface area contributed by atoms with Gasteiger partial charge in [0.05, 0.1) is 5.56 Å². The number of fused-ring (bicyclic) bond motifs is 1. The highest BCUT2D eigenvalue weighted by Crippen LogP contribution is 2.29. The van der Waals surface area contributed by atoms with Crippen LogP contribution in [0.3, 0.4) is 0 Å². The lowest BCUT2D eigenvalue weighted by molar-refractivity contribution is -0.137. The molecule has 1 N–H and O–H groups in total. The Bertz CT molecular complexity index is 1040. The van der Waals surface area contributed by atoms with Crippen LogP contribution in [0.25, 0.3) is 10.8 Å². The average Bonchev–Trinajstić information content (AvgIpc) is 2.69. The molecule has 0 bridgehead atoms. The predicted molar refractivity (Wildman–Crippen MR) is 100 cm³/mol. The average molecular weight is 362 g/mol. The normalized spacial score (nSPS) is 17.0. The summed E-state index contributed by atoms with van der Waals surface area (Å²) in [7, 11) is 0. The van der Waals surface area contributed by atoms with Crippen molar-refractivity contribution in [2.24, 2.45) is 0 Å². The second kappa shape index (κ2) is 7.92. The lowest BCUT2D eigenvalue weighted by Crippen LogP contribution is -2.20. The summed E-state index contributed by atoms with van der Waals surface area (Å²) >= 11 is 0. The summed E-state index contributed by atoms with van der Waals surface area (Å²) in [5, 5.41) is 4.14. The van der Waals surface area contributed by atoms with Crippen molar-refractivity contribution < 1.29 is 20.0 Å². The maximum Gasteiger partial charge on any atom is 0.416 e. The number of aryl methyl sites for hydroxylation is 1. The molecule has 0 aliphatic heterocycles. The largest absolute Gasteiger partial charge is 0.416 e. The number of alkyl halides is 3. The van der Waals surface area contributed by atoms with E-state index in [2.05, 4.69) is 5.32 Å². The molecule has 3 aromatic carbocycles. The van der Waals surface area contributed by atoms with Crippen LogP contribution >= 0.6 is 0 Å². The van der Waals surface area contributed by atoms with Gasteiger partial charge in [-0.25, -0.2) is 0 Å². The number of hydrogen-bond donors (Lipinski definition) is 1. The van der Waals surface area contributed by atoms with Crippen LogP contribution in [0.5, 0.6) is 0 Å². The van der Waals surface area contributed by atoms with Crippen molar-refractivity contribution in [2.45, 2.75) is 31.9 Å². The van der Waals surface area contributed by atoms with Crippen LogP contribution in [0.4, 0.5) is 13.2 Å². The maximum atomic E-state index is 12.9. The fraction of sp³-hybridized carbons (Fsp3) is 0.273. The predicted octanol–water partition coefficient (Wildman–Crippen LogP) is 6.14. The van der Waals surface area contributed by atoms with Gasteiger partial charge in [-0.1, -0.05) is 60.7 Å². The van der Waals surface area contributed by atoms with E-state index in [1.807, 2.05) is 18.2 Å². The van der Waals surface area contributed by atoms with Crippen LogP contribution in [-0.2, 0) is 12.6 Å². The Morgan fingerprint density at radius 1 is 1.04 bits per heavy atom. The van der Waals surface area contributed by atoms with Crippen molar-refractivity contribution in [3.05, 3.63) is 83.4 Å². The third-order valence-corrected chi connectivity index (χ3v) is 4.17. The van der Waals surface area contributed by atoms with E-state index in [4.69, 9.17) is 6.85 Å². The first-order chi connectivity index (χ1) is 14.4. The van der Waals surface area contributed by atoms with Gasteiger partial charge < -0.3 is 5.32 Å². The molecular formula is C22H22F3N. The minimum atomic E-state index is -4.48. The highest BCUT2D eigenvalue weighted by Gasteiger charge is 2.30. The van der Waals surface area contributed by atoms with E-state index < -0.39 is 31.1 Å². The smallest absolute Gasteiger partial charge is 0.310 e. The summed E-state index contributed by atoms with van der Waals surface area (Å²) in [5.74, 6) is 0. The van der Waals surface area contributed by atoms with Crippen molar-refractivity contribution in [2.75, 3.05) is 6.50 Å². The Labute approximate surface area is 158 Å². The van der Waals surface area contributed by atoms with E-state index in [9.17, 15) is 13.2 Å². The zero-order valence-corrected chi connectivity index (χ0v) is 14.0. The van der Waals surface area contributed by atoms with E-state index in [1.54, 1.807) is 24.3 Å². The molecule has 0 saturated heterocycles. The molecular weight excluding hydrogens is 335 g/mol. The first-order valence-corrected chi connectivity index (χ1v) is 8.28. The van der Waals surface area contributed by atoms with Crippen molar-refractivity contribution in [3.63, 3.8) is 0 Å². The van der Waals surface area contributed by atoms with Crippen molar-refractivity contribution in [1.82, 2.24) is 5.32 Å². The molecule has 0 spiro atoms. The van der Waals surface area contributed by atoms with Crippen LogP contribution in [0.15, 0.2) is 66.7 Å². The summed E-state index contributed by atoms with van der Waals surface area (Å²) < 4.78 is 79.2. The van der Waals surface area contributed by atoms with Gasteiger partial charge in [0, 0.05) is 12.9 Å². The number of hydrogen-bond acceptors (Lipinski definition) is 1. The minimum absolute atomic E-state index is 0.0210. The van der Waals surface area contributed by atoms with Gasteiger partial charge in [0.2, 0.25) is 0 Å². The van der Waals surface area contributed by atoms with Crippen LogP contribution in [0.1, 0.15) is 42.9 Å². The third kappa shape index (κ3) is 4.44. The molecule has 136 valence electrons. The Kier molecular flexibility index (Phi) is 3.94. The number of halogens is 3. The van der Waals surface area contributed by atoms with Crippen molar-refractivity contribution in [1.29, 1.82) is 0 Å². The second-order valence-corrected chi connectivity index (χ2v) is 6.02. The summed E-state index contributed by atoms with van der Waals surface area (Å²) in [4.78, 5) is 0. The molecule has 1 atom stereocenters. The lowest BCUT2D eigenvalue weighted by Gasteiger charge is -2.17. The molecule has 0 unspecified atom stereocenters. The third-order valence-electron chi connectivity index (χ3n) is 4.17. The topological polar surface area (TPSA) is 12.0 Å². The molecule has 4 heteroatoms. The zero-order chi connectivity index (χ0) is 22.9. The lowest BCUT2D eigenvalue weighted by atomic mass is 9.99. The first-order valence-electron chi connectivity index (χ1n) is 10.8. The fourth-order valence-electron chi connectivity index (χ4n) is 2.86. The highest BCUT2D eigenvalue weighted by molar-refractivity contribution is 5.86. The van der Waals surface area contributed by atoms with E-state index in [0.717, 1.165) is 17.5 Å². The first kappa shape index (κ1) is 12.9. The number of rotatable bonds is 6. The molecule has 0 aliphatic carbocycles. The van der Waals surface area contributed by atoms with Crippen LogP contribution in [-0.4, -0.2) is 6.50 Å². The van der Waals surface area contributed by atoms with Crippen molar-refractivity contribution >= 4 is 10.8 Å². The van der Waals surface area contributed by atoms with Gasteiger partial charge in [-0.2, -0.15) is 13.2 Å². The molecule has 3 aromatic rings. The van der Waals surface area contributed by atoms with Gasteiger partial charge >= 0.3 is 6.18 Å². The van der Waals surface area contributed by atoms with E-state index in [0.29, 0.717) is 16.5 Å². The van der Waals surface area contributed by atoms with Crippen molar-refractivity contribution in [3.8, 4) is 0 Å². The quantitative estimate of drug-likeness (QED) is 0.555. The van der Waals surface area contributed by atoms with Gasteiger partial charge in [-0.3, -0.25) is 0 Å². The summed E-state index contributed by atoms with van der Waals surface area (Å²) in [5.41, 5.74) is -0.0215.